The van der Waals surface area contributed by atoms with Crippen molar-refractivity contribution in [1.29, 1.82) is 5.41 Å². The standard InChI is InChI=1S/C26H36FN.C3H7N.C2H6/c1-6-22-18-21(11-13-25(22)27)9-8-20-10-12-23(14-16-26(3,4)5)24(19-20)15-17-28-7-2;1-2-3-4;1-2/h7,10-13,18-19,28H,2,6,8-9,14-17H2,1,3-5H3;3-4H,2H2,1H3;1-2H3. The van der Waals surface area contributed by atoms with E-state index in [9.17, 15) is 4.39 Å². The third kappa shape index (κ3) is 13.3. The summed E-state index contributed by atoms with van der Waals surface area (Å²) in [5, 5.41) is 9.55. The minimum atomic E-state index is -0.0912. The van der Waals surface area contributed by atoms with E-state index in [0.717, 1.165) is 50.6 Å². The van der Waals surface area contributed by atoms with Gasteiger partial charge in [-0.05, 0) is 96.7 Å². The molecule has 0 aliphatic rings. The lowest BCUT2D eigenvalue weighted by Gasteiger charge is -2.20. The minimum absolute atomic E-state index is 0.0912. The molecule has 0 atom stereocenters. The maximum Gasteiger partial charge on any atom is 0.126 e. The molecular formula is C31H49FN2. The molecule has 0 saturated heterocycles. The molecule has 190 valence electrons. The lowest BCUT2D eigenvalue weighted by Crippen LogP contribution is -2.12. The lowest BCUT2D eigenvalue weighted by atomic mass is 9.86. The van der Waals surface area contributed by atoms with Crippen LogP contribution in [0.3, 0.4) is 0 Å². The zero-order valence-electron chi connectivity index (χ0n) is 22.9. The number of hydrogen-bond acceptors (Lipinski definition) is 2. The van der Waals surface area contributed by atoms with Crippen molar-refractivity contribution in [3.05, 3.63) is 82.8 Å². The van der Waals surface area contributed by atoms with Gasteiger partial charge in [0.25, 0.3) is 0 Å². The molecule has 2 rings (SSSR count). The molecule has 2 aromatic carbocycles. The van der Waals surface area contributed by atoms with Crippen molar-refractivity contribution in [1.82, 2.24) is 5.32 Å². The number of nitrogens with one attached hydrogen (secondary N) is 2. The van der Waals surface area contributed by atoms with Crippen molar-refractivity contribution >= 4 is 6.21 Å². The molecule has 3 heteroatoms. The van der Waals surface area contributed by atoms with Crippen molar-refractivity contribution in [3.8, 4) is 0 Å². The third-order valence-corrected chi connectivity index (χ3v) is 5.50. The first-order chi connectivity index (χ1) is 16.2. The molecule has 0 bridgehead atoms. The Kier molecular flexibility index (Phi) is 16.7. The summed E-state index contributed by atoms with van der Waals surface area (Å²) >= 11 is 0. The lowest BCUT2D eigenvalue weighted by molar-refractivity contribution is 0.377. The van der Waals surface area contributed by atoms with Gasteiger partial charge in [-0.1, -0.05) is 85.4 Å². The van der Waals surface area contributed by atoms with Crippen molar-refractivity contribution in [2.24, 2.45) is 5.41 Å². The summed E-state index contributed by atoms with van der Waals surface area (Å²) in [6.07, 6.45) is 9.97. The van der Waals surface area contributed by atoms with Crippen LogP contribution in [0.25, 0.3) is 0 Å². The Morgan fingerprint density at radius 3 is 1.94 bits per heavy atom. The molecule has 0 heterocycles. The number of aryl methyl sites for hydroxylation is 4. The Labute approximate surface area is 209 Å². The van der Waals surface area contributed by atoms with Gasteiger partial charge >= 0.3 is 0 Å². The molecule has 34 heavy (non-hydrogen) atoms. The summed E-state index contributed by atoms with van der Waals surface area (Å²) in [4.78, 5) is 0. The Hall–Kier alpha value is -2.42. The van der Waals surface area contributed by atoms with Crippen molar-refractivity contribution in [2.45, 2.75) is 93.4 Å². The molecule has 0 aromatic heterocycles. The summed E-state index contributed by atoms with van der Waals surface area (Å²) in [5.74, 6) is -0.0912. The van der Waals surface area contributed by atoms with Gasteiger partial charge in [-0.15, -0.1) is 0 Å². The van der Waals surface area contributed by atoms with E-state index in [1.807, 2.05) is 39.8 Å². The van der Waals surface area contributed by atoms with E-state index in [-0.39, 0.29) is 5.82 Å². The first kappa shape index (κ1) is 31.6. The fourth-order valence-electron chi connectivity index (χ4n) is 3.47. The molecule has 0 radical (unpaired) electrons. The summed E-state index contributed by atoms with van der Waals surface area (Å²) in [6, 6.07) is 12.5. The van der Waals surface area contributed by atoms with Crippen molar-refractivity contribution in [2.75, 3.05) is 6.54 Å². The maximum absolute atomic E-state index is 13.7. The predicted molar refractivity (Wildman–Crippen MR) is 150 cm³/mol. The smallest absolute Gasteiger partial charge is 0.126 e. The second-order valence-electron chi connectivity index (χ2n) is 9.46. The van der Waals surface area contributed by atoms with Crippen LogP contribution in [0.1, 0.15) is 89.1 Å². The van der Waals surface area contributed by atoms with Crippen LogP contribution in [-0.2, 0) is 32.1 Å². The average Bonchev–Trinajstić information content (AvgIpc) is 2.84. The predicted octanol–water partition coefficient (Wildman–Crippen LogP) is 8.50. The normalized spacial score (nSPS) is 10.4. The third-order valence-electron chi connectivity index (χ3n) is 5.50. The van der Waals surface area contributed by atoms with Gasteiger partial charge in [-0.3, -0.25) is 0 Å². The van der Waals surface area contributed by atoms with Gasteiger partial charge in [0.1, 0.15) is 5.82 Å². The molecule has 0 fully saturated rings. The molecule has 0 spiro atoms. The quantitative estimate of drug-likeness (QED) is 0.252. The first-order valence-corrected chi connectivity index (χ1v) is 12.9. The molecule has 0 amide bonds. The summed E-state index contributed by atoms with van der Waals surface area (Å²) in [5.41, 5.74) is 6.62. The summed E-state index contributed by atoms with van der Waals surface area (Å²) < 4.78 is 13.7. The number of rotatable bonds is 11. The number of benzene rings is 2. The van der Waals surface area contributed by atoms with Gasteiger partial charge in [0.15, 0.2) is 0 Å². The average molecular weight is 469 g/mol. The fourth-order valence-corrected chi connectivity index (χ4v) is 3.47. The van der Waals surface area contributed by atoms with Crippen LogP contribution < -0.4 is 5.32 Å². The molecule has 0 saturated carbocycles. The number of halogens is 1. The second kappa shape index (κ2) is 18.0. The zero-order chi connectivity index (χ0) is 26.0. The van der Waals surface area contributed by atoms with Crippen LogP contribution in [0.4, 0.5) is 4.39 Å². The Bertz CT molecular complexity index is 834. The van der Waals surface area contributed by atoms with Gasteiger partial charge in [0.05, 0.1) is 0 Å². The molecule has 0 aliphatic heterocycles. The van der Waals surface area contributed by atoms with Gasteiger partial charge in [0.2, 0.25) is 0 Å². The minimum Gasteiger partial charge on any atom is -0.391 e. The monoisotopic (exact) mass is 468 g/mol. The SMILES string of the molecule is C=CNCCc1cc(CCc2ccc(F)c(CC)c2)ccc1CCC(C)(C)C.CC.CCC=N. The Morgan fingerprint density at radius 2 is 1.44 bits per heavy atom. The van der Waals surface area contributed by atoms with E-state index in [0.29, 0.717) is 5.41 Å². The second-order valence-corrected chi connectivity index (χ2v) is 9.46. The summed E-state index contributed by atoms with van der Waals surface area (Å²) in [7, 11) is 0. The van der Waals surface area contributed by atoms with Crippen molar-refractivity contribution < 1.29 is 4.39 Å². The molecular weight excluding hydrogens is 419 g/mol. The van der Waals surface area contributed by atoms with Gasteiger partial charge < -0.3 is 10.7 Å². The van der Waals surface area contributed by atoms with Crippen LogP contribution in [0.15, 0.2) is 49.2 Å². The van der Waals surface area contributed by atoms with E-state index in [4.69, 9.17) is 5.41 Å². The highest BCUT2D eigenvalue weighted by atomic mass is 19.1. The van der Waals surface area contributed by atoms with Gasteiger partial charge in [-0.2, -0.15) is 0 Å². The molecule has 0 unspecified atom stereocenters. The van der Waals surface area contributed by atoms with Crippen LogP contribution in [-0.4, -0.2) is 12.8 Å². The fraction of sp³-hybridized carbons (Fsp3) is 0.516. The van der Waals surface area contributed by atoms with E-state index >= 15 is 0 Å². The topological polar surface area (TPSA) is 35.9 Å². The highest BCUT2D eigenvalue weighted by molar-refractivity contribution is 5.51. The largest absolute Gasteiger partial charge is 0.391 e. The molecule has 0 aliphatic carbocycles. The van der Waals surface area contributed by atoms with Crippen LogP contribution >= 0.6 is 0 Å². The Morgan fingerprint density at radius 1 is 0.882 bits per heavy atom. The maximum atomic E-state index is 13.7. The molecule has 2 nitrogen and oxygen atoms in total. The van der Waals surface area contributed by atoms with Crippen LogP contribution in [0, 0.1) is 16.6 Å². The molecule has 2 aromatic rings. The van der Waals surface area contributed by atoms with Gasteiger partial charge in [-0.25, -0.2) is 4.39 Å². The van der Waals surface area contributed by atoms with Crippen molar-refractivity contribution in [3.63, 3.8) is 0 Å². The highest BCUT2D eigenvalue weighted by Gasteiger charge is 2.12. The highest BCUT2D eigenvalue weighted by Crippen LogP contribution is 2.24. The van der Waals surface area contributed by atoms with E-state index in [1.165, 1.54) is 34.9 Å². The van der Waals surface area contributed by atoms with E-state index < -0.39 is 0 Å². The summed E-state index contributed by atoms with van der Waals surface area (Å²) in [6.45, 7) is 19.5. The van der Waals surface area contributed by atoms with Crippen LogP contribution in [0.5, 0.6) is 0 Å². The first-order valence-electron chi connectivity index (χ1n) is 12.9. The zero-order valence-corrected chi connectivity index (χ0v) is 22.9. The molecule has 2 N–H and O–H groups in total. The number of hydrogen-bond donors (Lipinski definition) is 2. The van der Waals surface area contributed by atoms with E-state index in [1.54, 1.807) is 12.3 Å². The van der Waals surface area contributed by atoms with E-state index in [2.05, 4.69) is 50.9 Å². The van der Waals surface area contributed by atoms with Gasteiger partial charge in [0, 0.05) is 6.54 Å². The Balaban J connectivity index is 0.00000164. The van der Waals surface area contributed by atoms with Crippen LogP contribution in [0.2, 0.25) is 0 Å².